The molecule has 2 heterocycles. The van der Waals surface area contributed by atoms with Crippen molar-refractivity contribution in [2.45, 2.75) is 19.4 Å². The molecule has 1 saturated heterocycles. The molecule has 0 bridgehead atoms. The Morgan fingerprint density at radius 3 is 3.00 bits per heavy atom. The fourth-order valence-electron chi connectivity index (χ4n) is 2.30. The lowest BCUT2D eigenvalue weighted by molar-refractivity contribution is 0.0402. The van der Waals surface area contributed by atoms with Crippen LogP contribution in [0.5, 0.6) is 0 Å². The molecule has 5 nitrogen and oxygen atoms in total. The van der Waals surface area contributed by atoms with Crippen LogP contribution in [-0.4, -0.2) is 42.8 Å². The minimum atomic E-state index is -1.02. The van der Waals surface area contributed by atoms with Crippen LogP contribution in [-0.2, 0) is 11.3 Å². The van der Waals surface area contributed by atoms with Crippen molar-refractivity contribution >= 4 is 5.97 Å². The Hall–Kier alpha value is -1.33. The molecule has 5 heteroatoms. The number of hydrogen-bond acceptors (Lipinski definition) is 4. The Balaban J connectivity index is 1.82. The molecule has 1 fully saturated rings. The predicted molar refractivity (Wildman–Crippen MR) is 65.5 cm³/mol. The van der Waals surface area contributed by atoms with Gasteiger partial charge in [-0.15, -0.1) is 0 Å². The minimum Gasteiger partial charge on any atom is -0.475 e. The number of nitrogens with zero attached hydrogens (tertiary/aromatic N) is 1. The summed E-state index contributed by atoms with van der Waals surface area (Å²) >= 11 is 0. The van der Waals surface area contributed by atoms with Crippen molar-refractivity contribution in [1.82, 2.24) is 4.90 Å². The summed E-state index contributed by atoms with van der Waals surface area (Å²) in [4.78, 5) is 12.8. The zero-order chi connectivity index (χ0) is 13.0. The molecular formula is C13H19NO4. The Morgan fingerprint density at radius 1 is 1.56 bits per heavy atom. The van der Waals surface area contributed by atoms with Crippen LogP contribution < -0.4 is 0 Å². The van der Waals surface area contributed by atoms with E-state index >= 15 is 0 Å². The molecule has 1 unspecified atom stereocenters. The molecule has 0 radical (unpaired) electrons. The standard InChI is InChI=1S/C13H19NO4/c1-14(7-10-3-2-6-17-9-10)8-11-4-5-12(18-11)13(15)16/h4-5,10H,2-3,6-9H2,1H3,(H,15,16). The third-order valence-corrected chi connectivity index (χ3v) is 3.12. The van der Waals surface area contributed by atoms with E-state index in [-0.39, 0.29) is 5.76 Å². The fraction of sp³-hybridized carbons (Fsp3) is 0.615. The number of aromatic carboxylic acids is 1. The minimum absolute atomic E-state index is 0.000556. The summed E-state index contributed by atoms with van der Waals surface area (Å²) in [6, 6.07) is 3.21. The molecule has 0 spiro atoms. The Labute approximate surface area is 106 Å². The van der Waals surface area contributed by atoms with E-state index in [9.17, 15) is 4.79 Å². The van der Waals surface area contributed by atoms with E-state index in [1.807, 2.05) is 7.05 Å². The van der Waals surface area contributed by atoms with Crippen molar-refractivity contribution in [3.05, 3.63) is 23.7 Å². The van der Waals surface area contributed by atoms with Crippen LogP contribution >= 0.6 is 0 Å². The maximum absolute atomic E-state index is 10.7. The van der Waals surface area contributed by atoms with Crippen LogP contribution in [0.4, 0.5) is 0 Å². The van der Waals surface area contributed by atoms with Crippen LogP contribution in [0.1, 0.15) is 29.2 Å². The van der Waals surface area contributed by atoms with Crippen molar-refractivity contribution < 1.29 is 19.1 Å². The first-order valence-corrected chi connectivity index (χ1v) is 6.23. The number of furan rings is 1. The summed E-state index contributed by atoms with van der Waals surface area (Å²) in [6.07, 6.45) is 2.32. The van der Waals surface area contributed by atoms with Gasteiger partial charge < -0.3 is 14.3 Å². The lowest BCUT2D eigenvalue weighted by atomic mass is 10.0. The number of carboxylic acid groups (broad SMARTS) is 1. The molecule has 0 aliphatic carbocycles. The monoisotopic (exact) mass is 253 g/mol. The topological polar surface area (TPSA) is 62.9 Å². The van der Waals surface area contributed by atoms with Crippen molar-refractivity contribution in [1.29, 1.82) is 0 Å². The van der Waals surface area contributed by atoms with Gasteiger partial charge in [0, 0.05) is 13.2 Å². The number of rotatable bonds is 5. The third-order valence-electron chi connectivity index (χ3n) is 3.12. The van der Waals surface area contributed by atoms with E-state index in [0.29, 0.717) is 18.2 Å². The van der Waals surface area contributed by atoms with Gasteiger partial charge in [0.2, 0.25) is 5.76 Å². The molecule has 18 heavy (non-hydrogen) atoms. The SMILES string of the molecule is CN(Cc1ccc(C(=O)O)o1)CC1CCCOC1. The first-order chi connectivity index (χ1) is 8.65. The van der Waals surface area contributed by atoms with Crippen molar-refractivity contribution in [2.75, 3.05) is 26.8 Å². The molecule has 0 aromatic carbocycles. The molecule has 1 aromatic rings. The molecule has 1 atom stereocenters. The van der Waals surface area contributed by atoms with Crippen molar-refractivity contribution in [3.8, 4) is 0 Å². The van der Waals surface area contributed by atoms with E-state index in [4.69, 9.17) is 14.3 Å². The lowest BCUT2D eigenvalue weighted by Gasteiger charge is -2.26. The van der Waals surface area contributed by atoms with Crippen LogP contribution in [0.15, 0.2) is 16.5 Å². The summed E-state index contributed by atoms with van der Waals surface area (Å²) in [5.74, 6) is 0.230. The van der Waals surface area contributed by atoms with Gasteiger partial charge in [0.25, 0.3) is 0 Å². The van der Waals surface area contributed by atoms with Crippen LogP contribution in [0, 0.1) is 5.92 Å². The average Bonchev–Trinajstić information content (AvgIpc) is 2.78. The highest BCUT2D eigenvalue weighted by Gasteiger charge is 2.17. The van der Waals surface area contributed by atoms with E-state index in [1.165, 1.54) is 12.5 Å². The molecule has 0 saturated carbocycles. The van der Waals surface area contributed by atoms with Gasteiger partial charge in [-0.3, -0.25) is 4.90 Å². The van der Waals surface area contributed by atoms with E-state index in [0.717, 1.165) is 26.2 Å². The van der Waals surface area contributed by atoms with Gasteiger partial charge in [-0.25, -0.2) is 4.79 Å². The fourth-order valence-corrected chi connectivity index (χ4v) is 2.30. The lowest BCUT2D eigenvalue weighted by Crippen LogP contribution is -2.30. The molecule has 0 amide bonds. The Bertz CT molecular complexity index is 395. The smallest absolute Gasteiger partial charge is 0.371 e. The van der Waals surface area contributed by atoms with Gasteiger partial charge >= 0.3 is 5.97 Å². The summed E-state index contributed by atoms with van der Waals surface area (Å²) < 4.78 is 10.7. The maximum Gasteiger partial charge on any atom is 0.371 e. The highest BCUT2D eigenvalue weighted by molar-refractivity contribution is 5.84. The van der Waals surface area contributed by atoms with Gasteiger partial charge in [-0.05, 0) is 37.9 Å². The summed E-state index contributed by atoms with van der Waals surface area (Å²) in [7, 11) is 2.01. The predicted octanol–water partition coefficient (Wildman–Crippen LogP) is 1.84. The third kappa shape index (κ3) is 3.58. The second-order valence-corrected chi connectivity index (χ2v) is 4.85. The van der Waals surface area contributed by atoms with Crippen molar-refractivity contribution in [2.24, 2.45) is 5.92 Å². The highest BCUT2D eigenvalue weighted by Crippen LogP contribution is 2.16. The average molecular weight is 253 g/mol. The Kier molecular flexibility index (Phi) is 4.38. The number of carbonyl (C=O) groups is 1. The zero-order valence-corrected chi connectivity index (χ0v) is 10.6. The van der Waals surface area contributed by atoms with Gasteiger partial charge in [0.05, 0.1) is 13.2 Å². The zero-order valence-electron chi connectivity index (χ0n) is 10.6. The maximum atomic E-state index is 10.7. The molecular weight excluding hydrogens is 234 g/mol. The molecule has 1 aliphatic heterocycles. The molecule has 1 aromatic heterocycles. The van der Waals surface area contributed by atoms with Gasteiger partial charge in [-0.2, -0.15) is 0 Å². The first-order valence-electron chi connectivity index (χ1n) is 6.23. The highest BCUT2D eigenvalue weighted by atomic mass is 16.5. The molecule has 1 N–H and O–H groups in total. The molecule has 1 aliphatic rings. The van der Waals surface area contributed by atoms with Gasteiger partial charge in [0.15, 0.2) is 0 Å². The summed E-state index contributed by atoms with van der Waals surface area (Å²) in [5.41, 5.74) is 0. The second-order valence-electron chi connectivity index (χ2n) is 4.85. The largest absolute Gasteiger partial charge is 0.475 e. The van der Waals surface area contributed by atoms with Gasteiger partial charge in [0.1, 0.15) is 5.76 Å². The first kappa shape index (κ1) is 13.1. The normalized spacial score (nSPS) is 20.2. The Morgan fingerprint density at radius 2 is 2.39 bits per heavy atom. The molecule has 2 rings (SSSR count). The van der Waals surface area contributed by atoms with Gasteiger partial charge in [-0.1, -0.05) is 0 Å². The molecule has 100 valence electrons. The quantitative estimate of drug-likeness (QED) is 0.867. The van der Waals surface area contributed by atoms with E-state index in [2.05, 4.69) is 4.90 Å². The number of ether oxygens (including phenoxy) is 1. The van der Waals surface area contributed by atoms with Crippen LogP contribution in [0.25, 0.3) is 0 Å². The van der Waals surface area contributed by atoms with E-state index < -0.39 is 5.97 Å². The van der Waals surface area contributed by atoms with Crippen molar-refractivity contribution in [3.63, 3.8) is 0 Å². The number of hydrogen-bond donors (Lipinski definition) is 1. The second kappa shape index (κ2) is 6.02. The van der Waals surface area contributed by atoms with Crippen LogP contribution in [0.3, 0.4) is 0 Å². The summed E-state index contributed by atoms with van der Waals surface area (Å²) in [5, 5.41) is 8.77. The summed E-state index contributed by atoms with van der Waals surface area (Å²) in [6.45, 7) is 3.27. The van der Waals surface area contributed by atoms with E-state index in [1.54, 1.807) is 6.07 Å². The number of carboxylic acids is 1. The van der Waals surface area contributed by atoms with Crippen LogP contribution in [0.2, 0.25) is 0 Å².